The Balaban J connectivity index is 2.26. The van der Waals surface area contributed by atoms with E-state index in [1.54, 1.807) is 11.3 Å². The summed E-state index contributed by atoms with van der Waals surface area (Å²) in [6, 6.07) is 11.4. The van der Waals surface area contributed by atoms with E-state index in [0.717, 1.165) is 6.42 Å². The largest absolute Gasteiger partial charge is 0.309 e. The van der Waals surface area contributed by atoms with Crippen molar-refractivity contribution in [2.24, 2.45) is 5.92 Å². The van der Waals surface area contributed by atoms with Crippen LogP contribution in [0.5, 0.6) is 0 Å². The summed E-state index contributed by atoms with van der Waals surface area (Å²) in [5.74, 6) is 0.703. The van der Waals surface area contributed by atoms with Crippen LogP contribution in [0, 0.1) is 5.92 Å². The van der Waals surface area contributed by atoms with Crippen LogP contribution in [-0.2, 0) is 6.42 Å². The minimum absolute atomic E-state index is 0.309. The molecule has 0 fully saturated rings. The summed E-state index contributed by atoms with van der Waals surface area (Å²) in [5, 5.41) is 7.76. The molecule has 1 heterocycles. The van der Waals surface area contributed by atoms with Gasteiger partial charge in [0.25, 0.3) is 0 Å². The maximum Gasteiger partial charge on any atom is 0.0582 e. The first-order chi connectivity index (χ1) is 8.70. The molecule has 2 aromatic rings. The molecule has 0 saturated heterocycles. The summed E-state index contributed by atoms with van der Waals surface area (Å²) in [7, 11) is 2.03. The molecule has 1 unspecified atom stereocenters. The zero-order valence-corrected chi connectivity index (χ0v) is 12.1. The lowest BCUT2D eigenvalue weighted by Gasteiger charge is -2.17. The van der Waals surface area contributed by atoms with E-state index in [9.17, 15) is 0 Å². The van der Waals surface area contributed by atoms with Gasteiger partial charge in [-0.2, -0.15) is 11.3 Å². The van der Waals surface area contributed by atoms with E-state index in [1.807, 2.05) is 7.05 Å². The maximum absolute atomic E-state index is 3.41. The van der Waals surface area contributed by atoms with Crippen molar-refractivity contribution < 1.29 is 0 Å². The molecule has 0 aliphatic carbocycles. The van der Waals surface area contributed by atoms with Crippen molar-refractivity contribution in [1.82, 2.24) is 5.32 Å². The van der Waals surface area contributed by atoms with E-state index in [-0.39, 0.29) is 0 Å². The predicted molar refractivity (Wildman–Crippen MR) is 80.2 cm³/mol. The van der Waals surface area contributed by atoms with Crippen LogP contribution in [0.2, 0.25) is 0 Å². The van der Waals surface area contributed by atoms with Gasteiger partial charge in [-0.25, -0.2) is 0 Å². The molecule has 2 heteroatoms. The van der Waals surface area contributed by atoms with E-state index >= 15 is 0 Å². The summed E-state index contributed by atoms with van der Waals surface area (Å²) >= 11 is 1.75. The van der Waals surface area contributed by atoms with Gasteiger partial charge in [0.15, 0.2) is 0 Å². The van der Waals surface area contributed by atoms with Crippen LogP contribution < -0.4 is 5.32 Å². The molecule has 0 spiro atoms. The second kappa shape index (κ2) is 6.17. The molecule has 1 aromatic carbocycles. The molecule has 0 aliphatic rings. The van der Waals surface area contributed by atoms with Crippen LogP contribution in [-0.4, -0.2) is 7.05 Å². The molecule has 2 rings (SSSR count). The van der Waals surface area contributed by atoms with E-state index in [2.05, 4.69) is 60.3 Å². The summed E-state index contributed by atoms with van der Waals surface area (Å²) in [6.07, 6.45) is 1.15. The van der Waals surface area contributed by atoms with Crippen LogP contribution in [0.3, 0.4) is 0 Å². The quantitative estimate of drug-likeness (QED) is 0.846. The van der Waals surface area contributed by atoms with Gasteiger partial charge in [0.05, 0.1) is 6.04 Å². The Labute approximate surface area is 114 Å². The van der Waals surface area contributed by atoms with Crippen LogP contribution in [0.1, 0.15) is 36.6 Å². The lowest BCUT2D eigenvalue weighted by molar-refractivity contribution is 0.643. The molecule has 1 aromatic heterocycles. The number of rotatable bonds is 5. The molecular weight excluding hydrogens is 238 g/mol. The lowest BCUT2D eigenvalue weighted by atomic mass is 9.96. The molecule has 0 saturated carbocycles. The van der Waals surface area contributed by atoms with Crippen molar-refractivity contribution in [2.75, 3.05) is 7.05 Å². The fraction of sp³-hybridized carbons (Fsp3) is 0.375. The number of thiophene rings is 1. The molecule has 0 amide bonds. The van der Waals surface area contributed by atoms with Crippen molar-refractivity contribution in [1.29, 1.82) is 0 Å². The number of hydrogen-bond donors (Lipinski definition) is 1. The maximum atomic E-state index is 3.41. The van der Waals surface area contributed by atoms with E-state index in [4.69, 9.17) is 0 Å². The molecule has 18 heavy (non-hydrogen) atoms. The van der Waals surface area contributed by atoms with Gasteiger partial charge >= 0.3 is 0 Å². The minimum Gasteiger partial charge on any atom is -0.309 e. The summed E-state index contributed by atoms with van der Waals surface area (Å²) in [5.41, 5.74) is 4.14. The van der Waals surface area contributed by atoms with Crippen LogP contribution >= 0.6 is 11.3 Å². The third kappa shape index (κ3) is 3.21. The fourth-order valence-corrected chi connectivity index (χ4v) is 3.02. The topological polar surface area (TPSA) is 12.0 Å². The van der Waals surface area contributed by atoms with Gasteiger partial charge in [-0.15, -0.1) is 0 Å². The molecule has 0 aliphatic heterocycles. The van der Waals surface area contributed by atoms with Crippen molar-refractivity contribution in [3.63, 3.8) is 0 Å². The van der Waals surface area contributed by atoms with Crippen LogP contribution in [0.25, 0.3) is 0 Å². The molecular formula is C16H21NS. The molecule has 0 radical (unpaired) electrons. The average molecular weight is 259 g/mol. The smallest absolute Gasteiger partial charge is 0.0582 e. The molecule has 1 nitrogen and oxygen atoms in total. The van der Waals surface area contributed by atoms with Gasteiger partial charge in [0.1, 0.15) is 0 Å². The molecule has 1 atom stereocenters. The lowest BCUT2D eigenvalue weighted by Crippen LogP contribution is -2.17. The normalized spacial score (nSPS) is 12.9. The van der Waals surface area contributed by atoms with E-state index in [0.29, 0.717) is 12.0 Å². The third-order valence-electron chi connectivity index (χ3n) is 3.09. The highest BCUT2D eigenvalue weighted by Crippen LogP contribution is 2.25. The monoisotopic (exact) mass is 259 g/mol. The number of nitrogens with one attached hydrogen (secondary N) is 1. The van der Waals surface area contributed by atoms with Gasteiger partial charge in [-0.3, -0.25) is 0 Å². The van der Waals surface area contributed by atoms with E-state index < -0.39 is 0 Å². The first-order valence-electron chi connectivity index (χ1n) is 6.49. The minimum atomic E-state index is 0.309. The van der Waals surface area contributed by atoms with E-state index in [1.165, 1.54) is 16.7 Å². The zero-order valence-electron chi connectivity index (χ0n) is 11.3. The Kier molecular flexibility index (Phi) is 4.56. The summed E-state index contributed by atoms with van der Waals surface area (Å²) in [6.45, 7) is 4.53. The first kappa shape index (κ1) is 13.3. The highest BCUT2D eigenvalue weighted by molar-refractivity contribution is 7.08. The predicted octanol–water partition coefficient (Wildman–Crippen LogP) is 4.26. The third-order valence-corrected chi connectivity index (χ3v) is 3.79. The van der Waals surface area contributed by atoms with Gasteiger partial charge < -0.3 is 5.32 Å². The van der Waals surface area contributed by atoms with Gasteiger partial charge in [-0.1, -0.05) is 38.1 Å². The van der Waals surface area contributed by atoms with Gasteiger partial charge in [0.2, 0.25) is 0 Å². The Bertz CT molecular complexity index is 474. The van der Waals surface area contributed by atoms with Crippen LogP contribution in [0.15, 0.2) is 41.1 Å². The van der Waals surface area contributed by atoms with Crippen LogP contribution in [0.4, 0.5) is 0 Å². The zero-order chi connectivity index (χ0) is 13.0. The second-order valence-corrected chi connectivity index (χ2v) is 5.90. The number of benzene rings is 1. The van der Waals surface area contributed by atoms with Gasteiger partial charge in [-0.05, 0) is 52.9 Å². The molecule has 96 valence electrons. The van der Waals surface area contributed by atoms with Crippen molar-refractivity contribution in [3.05, 3.63) is 57.8 Å². The highest BCUT2D eigenvalue weighted by Gasteiger charge is 2.12. The second-order valence-electron chi connectivity index (χ2n) is 5.12. The standard InChI is InChI=1S/C16H21NS/c1-12(2)9-13-5-4-6-14(10-13)16(17-3)15-7-8-18-11-15/h4-8,10-12,16-17H,9H2,1-3H3. The van der Waals surface area contributed by atoms with Crippen molar-refractivity contribution in [3.8, 4) is 0 Å². The molecule has 1 N–H and O–H groups in total. The Morgan fingerprint density at radius 3 is 2.61 bits per heavy atom. The summed E-state index contributed by atoms with van der Waals surface area (Å²) in [4.78, 5) is 0. The SMILES string of the molecule is CNC(c1ccsc1)c1cccc(CC(C)C)c1. The van der Waals surface area contributed by atoms with Crippen molar-refractivity contribution >= 4 is 11.3 Å². The highest BCUT2D eigenvalue weighted by atomic mass is 32.1. The number of hydrogen-bond acceptors (Lipinski definition) is 2. The van der Waals surface area contributed by atoms with Crippen molar-refractivity contribution in [2.45, 2.75) is 26.3 Å². The first-order valence-corrected chi connectivity index (χ1v) is 7.43. The van der Waals surface area contributed by atoms with Gasteiger partial charge in [0, 0.05) is 0 Å². The Morgan fingerprint density at radius 2 is 2.00 bits per heavy atom. The fourth-order valence-electron chi connectivity index (χ4n) is 2.34. The summed E-state index contributed by atoms with van der Waals surface area (Å²) < 4.78 is 0. The Hall–Kier alpha value is -1.12. The average Bonchev–Trinajstić information content (AvgIpc) is 2.83. The Morgan fingerprint density at radius 1 is 1.17 bits per heavy atom. The molecule has 0 bridgehead atoms.